The summed E-state index contributed by atoms with van der Waals surface area (Å²) in [6.07, 6.45) is 6.85. The molecule has 0 aliphatic carbocycles. The number of ether oxygens (including phenoxy) is 2. The van der Waals surface area contributed by atoms with Crippen molar-refractivity contribution in [2.24, 2.45) is 0 Å². The number of nitrogens with zero attached hydrogens (tertiary/aromatic N) is 3. The van der Waals surface area contributed by atoms with Crippen molar-refractivity contribution in [3.8, 4) is 11.5 Å². The highest BCUT2D eigenvalue weighted by Gasteiger charge is 2.21. The third kappa shape index (κ3) is 3.75. The molecule has 0 fully saturated rings. The topological polar surface area (TPSA) is 64.6 Å². The first-order chi connectivity index (χ1) is 14.8. The van der Waals surface area contributed by atoms with E-state index in [1.807, 2.05) is 60.7 Å². The Morgan fingerprint density at radius 2 is 1.93 bits per heavy atom. The number of rotatable bonds is 5. The highest BCUT2D eigenvalue weighted by atomic mass is 32.1. The van der Waals surface area contributed by atoms with E-state index in [4.69, 9.17) is 14.5 Å². The van der Waals surface area contributed by atoms with Crippen molar-refractivity contribution in [1.82, 2.24) is 9.97 Å². The van der Waals surface area contributed by atoms with Crippen LogP contribution < -0.4 is 14.4 Å². The molecule has 7 heteroatoms. The van der Waals surface area contributed by atoms with E-state index in [0.717, 1.165) is 21.3 Å². The number of hydrogen-bond acceptors (Lipinski definition) is 6. The molecule has 0 spiro atoms. The summed E-state index contributed by atoms with van der Waals surface area (Å²) in [5.74, 6) is 1.22. The Morgan fingerprint density at radius 1 is 1.10 bits per heavy atom. The summed E-state index contributed by atoms with van der Waals surface area (Å²) < 4.78 is 11.8. The van der Waals surface area contributed by atoms with Gasteiger partial charge in [-0.25, -0.2) is 4.98 Å². The van der Waals surface area contributed by atoms with E-state index in [1.165, 1.54) is 11.3 Å². The monoisotopic (exact) mass is 415 g/mol. The second-order valence-electron chi connectivity index (χ2n) is 6.70. The summed E-state index contributed by atoms with van der Waals surface area (Å²) >= 11 is 1.44. The molecule has 30 heavy (non-hydrogen) atoms. The molecule has 1 aliphatic rings. The Morgan fingerprint density at radius 3 is 2.73 bits per heavy atom. The Hall–Kier alpha value is -3.71. The molecular weight excluding hydrogens is 398 g/mol. The van der Waals surface area contributed by atoms with Gasteiger partial charge in [-0.1, -0.05) is 47.7 Å². The van der Waals surface area contributed by atoms with E-state index in [-0.39, 0.29) is 12.7 Å². The van der Waals surface area contributed by atoms with Gasteiger partial charge < -0.3 is 9.47 Å². The van der Waals surface area contributed by atoms with Gasteiger partial charge in [0.1, 0.15) is 0 Å². The number of hydrogen-bond donors (Lipinski definition) is 0. The Labute approximate surface area is 177 Å². The molecule has 0 radical (unpaired) electrons. The highest BCUT2D eigenvalue weighted by Crippen LogP contribution is 2.40. The van der Waals surface area contributed by atoms with Gasteiger partial charge in [0.15, 0.2) is 16.6 Å². The van der Waals surface area contributed by atoms with E-state index >= 15 is 0 Å². The molecule has 5 rings (SSSR count). The molecule has 2 aromatic heterocycles. The molecule has 1 amide bonds. The molecule has 0 N–H and O–H groups in total. The minimum absolute atomic E-state index is 0.151. The van der Waals surface area contributed by atoms with Crippen molar-refractivity contribution < 1.29 is 14.3 Å². The number of carbonyl (C=O) groups is 1. The van der Waals surface area contributed by atoms with Gasteiger partial charge in [-0.05, 0) is 23.3 Å². The van der Waals surface area contributed by atoms with Crippen molar-refractivity contribution in [3.05, 3.63) is 84.2 Å². The van der Waals surface area contributed by atoms with Crippen LogP contribution in [0.4, 0.5) is 5.13 Å². The summed E-state index contributed by atoms with van der Waals surface area (Å²) in [6.45, 7) is 0.591. The number of thiazole rings is 1. The minimum atomic E-state index is -0.151. The largest absolute Gasteiger partial charge is 0.454 e. The quantitative estimate of drug-likeness (QED) is 0.443. The fraction of sp³-hybridized carbons (Fsp3) is 0.0870. The molecule has 148 valence electrons. The Kier molecular flexibility index (Phi) is 4.86. The first-order valence-corrected chi connectivity index (χ1v) is 10.2. The van der Waals surface area contributed by atoms with Crippen LogP contribution in [0.3, 0.4) is 0 Å². The lowest BCUT2D eigenvalue weighted by atomic mass is 10.2. The van der Waals surface area contributed by atoms with E-state index < -0.39 is 0 Å². The lowest BCUT2D eigenvalue weighted by molar-refractivity contribution is -0.114. The van der Waals surface area contributed by atoms with Gasteiger partial charge in [0, 0.05) is 30.6 Å². The maximum atomic E-state index is 13.1. The zero-order chi connectivity index (χ0) is 20.3. The number of anilines is 1. The van der Waals surface area contributed by atoms with Crippen LogP contribution in [0.2, 0.25) is 0 Å². The second kappa shape index (κ2) is 7.96. The molecule has 0 saturated carbocycles. The molecular formula is C23H17N3O3S. The van der Waals surface area contributed by atoms with E-state index in [0.29, 0.717) is 23.2 Å². The first kappa shape index (κ1) is 18.3. The standard InChI is InChI=1S/C23H17N3O3S/c27-22(9-8-16-5-2-1-3-6-16)26(14-17-7-4-10-24-13-17)23-25-18-11-19-20(29-15-28-19)12-21(18)30-23/h1-13H,14-15H2/b9-8+. The molecule has 3 heterocycles. The van der Waals surface area contributed by atoms with Crippen LogP contribution in [-0.2, 0) is 11.3 Å². The minimum Gasteiger partial charge on any atom is -0.454 e. The van der Waals surface area contributed by atoms with Gasteiger partial charge in [0.25, 0.3) is 5.91 Å². The SMILES string of the molecule is O=C(/C=C/c1ccccc1)N(Cc1cccnc1)c1nc2cc3c(cc2s1)OCO3. The summed E-state index contributed by atoms with van der Waals surface area (Å²) in [6, 6.07) is 17.3. The van der Waals surface area contributed by atoms with Crippen molar-refractivity contribution in [2.75, 3.05) is 11.7 Å². The Bertz CT molecular complexity index is 1180. The van der Waals surface area contributed by atoms with Crippen LogP contribution in [0.5, 0.6) is 11.5 Å². The van der Waals surface area contributed by atoms with Gasteiger partial charge in [-0.3, -0.25) is 14.7 Å². The number of aromatic nitrogens is 2. The number of carbonyl (C=O) groups excluding carboxylic acids is 1. The van der Waals surface area contributed by atoms with Crippen LogP contribution in [0.1, 0.15) is 11.1 Å². The van der Waals surface area contributed by atoms with Gasteiger partial charge in [0.05, 0.1) is 16.8 Å². The predicted molar refractivity (Wildman–Crippen MR) is 117 cm³/mol. The molecule has 4 aromatic rings. The predicted octanol–water partition coefficient (Wildman–Crippen LogP) is 4.67. The van der Waals surface area contributed by atoms with Crippen molar-refractivity contribution in [3.63, 3.8) is 0 Å². The van der Waals surface area contributed by atoms with Gasteiger partial charge in [-0.2, -0.15) is 0 Å². The average molecular weight is 415 g/mol. The highest BCUT2D eigenvalue weighted by molar-refractivity contribution is 7.22. The third-order valence-corrected chi connectivity index (χ3v) is 5.69. The number of pyridine rings is 1. The smallest absolute Gasteiger partial charge is 0.253 e. The third-order valence-electron chi connectivity index (χ3n) is 4.65. The molecule has 0 atom stereocenters. The maximum absolute atomic E-state index is 13.1. The molecule has 0 bridgehead atoms. The molecule has 1 aliphatic heterocycles. The van der Waals surface area contributed by atoms with Crippen LogP contribution in [0.25, 0.3) is 16.3 Å². The zero-order valence-corrected chi connectivity index (χ0v) is 16.7. The molecule has 0 unspecified atom stereocenters. The Balaban J connectivity index is 1.49. The van der Waals surface area contributed by atoms with Crippen LogP contribution in [0.15, 0.2) is 73.1 Å². The van der Waals surface area contributed by atoms with Gasteiger partial charge >= 0.3 is 0 Å². The number of amides is 1. The summed E-state index contributed by atoms with van der Waals surface area (Å²) in [4.78, 5) is 23.7. The summed E-state index contributed by atoms with van der Waals surface area (Å²) in [5, 5.41) is 0.611. The first-order valence-electron chi connectivity index (χ1n) is 9.40. The van der Waals surface area contributed by atoms with Gasteiger partial charge in [0.2, 0.25) is 6.79 Å². The molecule has 2 aromatic carbocycles. The number of benzene rings is 2. The van der Waals surface area contributed by atoms with Crippen LogP contribution >= 0.6 is 11.3 Å². The summed E-state index contributed by atoms with van der Waals surface area (Å²) in [7, 11) is 0. The molecule has 0 saturated heterocycles. The lowest BCUT2D eigenvalue weighted by Gasteiger charge is -2.18. The summed E-state index contributed by atoms with van der Waals surface area (Å²) in [5.41, 5.74) is 2.66. The normalized spacial score (nSPS) is 12.5. The van der Waals surface area contributed by atoms with Crippen molar-refractivity contribution in [2.45, 2.75) is 6.54 Å². The van der Waals surface area contributed by atoms with Crippen molar-refractivity contribution in [1.29, 1.82) is 0 Å². The fourth-order valence-electron chi connectivity index (χ4n) is 3.16. The molecule has 6 nitrogen and oxygen atoms in total. The van der Waals surface area contributed by atoms with E-state index in [1.54, 1.807) is 23.4 Å². The fourth-order valence-corrected chi connectivity index (χ4v) is 4.14. The average Bonchev–Trinajstić information content (AvgIpc) is 3.41. The lowest BCUT2D eigenvalue weighted by Crippen LogP contribution is -2.28. The van der Waals surface area contributed by atoms with E-state index in [9.17, 15) is 4.79 Å². The van der Waals surface area contributed by atoms with E-state index in [2.05, 4.69) is 4.98 Å². The number of fused-ring (bicyclic) bond motifs is 2. The maximum Gasteiger partial charge on any atom is 0.253 e. The van der Waals surface area contributed by atoms with Crippen molar-refractivity contribution >= 4 is 38.7 Å². The van der Waals surface area contributed by atoms with Crippen LogP contribution in [0, 0.1) is 0 Å². The zero-order valence-electron chi connectivity index (χ0n) is 15.9. The van der Waals surface area contributed by atoms with Gasteiger partial charge in [-0.15, -0.1) is 0 Å². The second-order valence-corrected chi connectivity index (χ2v) is 7.71. The van der Waals surface area contributed by atoms with Crippen LogP contribution in [-0.4, -0.2) is 22.7 Å².